The van der Waals surface area contributed by atoms with Crippen molar-refractivity contribution in [2.75, 3.05) is 13.7 Å². The molecule has 0 spiro atoms. The lowest BCUT2D eigenvalue weighted by Crippen LogP contribution is -2.25. The van der Waals surface area contributed by atoms with Crippen LogP contribution in [0.3, 0.4) is 0 Å². The second-order valence-electron chi connectivity index (χ2n) is 9.12. The first kappa shape index (κ1) is 26.1. The molecule has 3 aromatic carbocycles. The summed E-state index contributed by atoms with van der Waals surface area (Å²) in [6.45, 7) is 8.55. The number of nitrogens with zero attached hydrogens (tertiary/aromatic N) is 1. The molecule has 0 aliphatic heterocycles. The van der Waals surface area contributed by atoms with Crippen molar-refractivity contribution in [1.29, 1.82) is 0 Å². The molecule has 0 saturated carbocycles. The quantitative estimate of drug-likeness (QED) is 0.290. The number of aryl methyl sites for hydroxylation is 1. The summed E-state index contributed by atoms with van der Waals surface area (Å²) in [5.41, 5.74) is 6.21. The molecule has 184 valence electrons. The predicted molar refractivity (Wildman–Crippen MR) is 140 cm³/mol. The molecule has 0 aromatic heterocycles. The van der Waals surface area contributed by atoms with Crippen molar-refractivity contribution in [2.45, 2.75) is 39.7 Å². The zero-order valence-corrected chi connectivity index (χ0v) is 21.5. The summed E-state index contributed by atoms with van der Waals surface area (Å²) in [5.74, 6) is 1.46. The molecule has 0 bridgehead atoms. The number of carbonyl (C=O) groups is 1. The molecule has 1 N–H and O–H groups in total. The van der Waals surface area contributed by atoms with Crippen LogP contribution in [0.2, 0.25) is 5.02 Å². The summed E-state index contributed by atoms with van der Waals surface area (Å²) in [5, 5.41) is 4.68. The van der Waals surface area contributed by atoms with Crippen LogP contribution in [0, 0.1) is 6.92 Å². The van der Waals surface area contributed by atoms with Crippen molar-refractivity contribution in [3.8, 4) is 17.2 Å². The number of methoxy groups -OCH3 is 1. The summed E-state index contributed by atoms with van der Waals surface area (Å²) in [7, 11) is 1.56. The van der Waals surface area contributed by atoms with Gasteiger partial charge in [-0.1, -0.05) is 68.3 Å². The Morgan fingerprint density at radius 1 is 1.00 bits per heavy atom. The summed E-state index contributed by atoms with van der Waals surface area (Å²) >= 11 is 6.19. The second kappa shape index (κ2) is 11.8. The molecule has 0 aliphatic carbocycles. The molecule has 0 atom stereocenters. The number of benzene rings is 3. The average molecular weight is 495 g/mol. The Morgan fingerprint density at radius 2 is 1.74 bits per heavy atom. The van der Waals surface area contributed by atoms with Crippen LogP contribution in [-0.2, 0) is 16.8 Å². The van der Waals surface area contributed by atoms with Crippen molar-refractivity contribution < 1.29 is 19.0 Å². The van der Waals surface area contributed by atoms with Crippen LogP contribution < -0.4 is 19.6 Å². The molecule has 0 radical (unpaired) electrons. The smallest absolute Gasteiger partial charge is 0.277 e. The highest BCUT2D eigenvalue weighted by Gasteiger charge is 2.19. The van der Waals surface area contributed by atoms with Crippen LogP contribution in [0.4, 0.5) is 0 Å². The Bertz CT molecular complexity index is 1200. The van der Waals surface area contributed by atoms with E-state index in [9.17, 15) is 4.79 Å². The maximum absolute atomic E-state index is 12.3. The van der Waals surface area contributed by atoms with Crippen molar-refractivity contribution in [1.82, 2.24) is 5.43 Å². The number of hydrogen-bond donors (Lipinski definition) is 1. The van der Waals surface area contributed by atoms with E-state index < -0.39 is 0 Å². The van der Waals surface area contributed by atoms with E-state index in [2.05, 4.69) is 37.4 Å². The number of hydrazone groups is 1. The fraction of sp³-hybridized carbons (Fsp3) is 0.286. The van der Waals surface area contributed by atoms with Gasteiger partial charge in [0.25, 0.3) is 5.91 Å². The standard InChI is InChI=1S/C28H31ClN2O4/c1-19-10-12-24(22(14-19)28(2,3)4)35-18-27(32)31-30-16-20-11-13-25(26(15-20)33-5)34-17-21-8-6-7-9-23(21)29/h6-16H,17-18H2,1-5H3,(H,31,32)/b30-16+. The third-order valence-corrected chi connectivity index (χ3v) is 5.60. The normalized spacial score (nSPS) is 11.4. The zero-order chi connectivity index (χ0) is 25.4. The van der Waals surface area contributed by atoms with E-state index in [0.29, 0.717) is 28.9 Å². The molecular formula is C28H31ClN2O4. The highest BCUT2D eigenvalue weighted by Crippen LogP contribution is 2.32. The highest BCUT2D eigenvalue weighted by atomic mass is 35.5. The van der Waals surface area contributed by atoms with Crippen LogP contribution in [-0.4, -0.2) is 25.8 Å². The van der Waals surface area contributed by atoms with Gasteiger partial charge < -0.3 is 14.2 Å². The summed E-state index contributed by atoms with van der Waals surface area (Å²) in [6, 6.07) is 18.8. The summed E-state index contributed by atoms with van der Waals surface area (Å²) in [4.78, 5) is 12.3. The molecule has 1 amide bonds. The number of nitrogens with one attached hydrogen (secondary N) is 1. The first-order chi connectivity index (χ1) is 16.7. The molecule has 7 heteroatoms. The number of carbonyl (C=O) groups excluding carboxylic acids is 1. The second-order valence-corrected chi connectivity index (χ2v) is 9.53. The minimum absolute atomic E-state index is 0.0989. The number of hydrogen-bond acceptors (Lipinski definition) is 5. The van der Waals surface area contributed by atoms with Gasteiger partial charge in [0.05, 0.1) is 13.3 Å². The van der Waals surface area contributed by atoms with Gasteiger partial charge >= 0.3 is 0 Å². The maximum Gasteiger partial charge on any atom is 0.277 e. The monoisotopic (exact) mass is 494 g/mol. The Hall–Kier alpha value is -3.51. The van der Waals surface area contributed by atoms with Gasteiger partial charge in [-0.25, -0.2) is 5.43 Å². The number of amides is 1. The van der Waals surface area contributed by atoms with E-state index in [4.69, 9.17) is 25.8 Å². The van der Waals surface area contributed by atoms with Gasteiger partial charge in [-0.2, -0.15) is 5.10 Å². The Balaban J connectivity index is 1.56. The largest absolute Gasteiger partial charge is 0.493 e. The lowest BCUT2D eigenvalue weighted by molar-refractivity contribution is -0.123. The first-order valence-corrected chi connectivity index (χ1v) is 11.7. The van der Waals surface area contributed by atoms with Gasteiger partial charge in [0.2, 0.25) is 0 Å². The molecule has 3 rings (SSSR count). The molecule has 0 saturated heterocycles. The Kier molecular flexibility index (Phi) is 8.77. The van der Waals surface area contributed by atoms with Crippen LogP contribution in [0.15, 0.2) is 65.8 Å². The summed E-state index contributed by atoms with van der Waals surface area (Å²) < 4.78 is 17.1. The minimum Gasteiger partial charge on any atom is -0.493 e. The molecule has 0 heterocycles. The van der Waals surface area contributed by atoms with E-state index in [0.717, 1.165) is 22.3 Å². The molecule has 35 heavy (non-hydrogen) atoms. The fourth-order valence-electron chi connectivity index (χ4n) is 3.36. The van der Waals surface area contributed by atoms with Crippen LogP contribution in [0.1, 0.15) is 43.0 Å². The van der Waals surface area contributed by atoms with E-state index in [1.165, 1.54) is 6.21 Å². The topological polar surface area (TPSA) is 69.2 Å². The van der Waals surface area contributed by atoms with Gasteiger partial charge in [0.1, 0.15) is 12.4 Å². The van der Waals surface area contributed by atoms with Crippen LogP contribution in [0.25, 0.3) is 0 Å². The number of ether oxygens (including phenoxy) is 3. The average Bonchev–Trinajstić information content (AvgIpc) is 2.82. The molecule has 3 aromatic rings. The fourth-order valence-corrected chi connectivity index (χ4v) is 3.56. The number of rotatable bonds is 9. The van der Waals surface area contributed by atoms with Crippen LogP contribution in [0.5, 0.6) is 17.2 Å². The Labute approximate surface area is 211 Å². The molecule has 0 aliphatic rings. The SMILES string of the molecule is COc1cc(/C=N/NC(=O)COc2ccc(C)cc2C(C)(C)C)ccc1OCc1ccccc1Cl. The molecule has 6 nitrogen and oxygen atoms in total. The number of halogens is 1. The zero-order valence-electron chi connectivity index (χ0n) is 20.7. The van der Waals surface area contributed by atoms with Crippen molar-refractivity contribution in [3.05, 3.63) is 87.9 Å². The van der Waals surface area contributed by atoms with Gasteiger partial charge in [0.15, 0.2) is 18.1 Å². The van der Waals surface area contributed by atoms with Gasteiger partial charge in [-0.3, -0.25) is 4.79 Å². The maximum atomic E-state index is 12.3. The third kappa shape index (κ3) is 7.49. The van der Waals surface area contributed by atoms with Gasteiger partial charge in [-0.05, 0) is 53.8 Å². The first-order valence-electron chi connectivity index (χ1n) is 11.3. The predicted octanol–water partition coefficient (Wildman–Crippen LogP) is 6.06. The molecular weight excluding hydrogens is 464 g/mol. The molecule has 0 fully saturated rings. The van der Waals surface area contributed by atoms with E-state index in [1.54, 1.807) is 19.2 Å². The van der Waals surface area contributed by atoms with Gasteiger partial charge in [-0.15, -0.1) is 0 Å². The van der Waals surface area contributed by atoms with E-state index in [1.807, 2.05) is 49.4 Å². The third-order valence-electron chi connectivity index (χ3n) is 5.23. The van der Waals surface area contributed by atoms with E-state index >= 15 is 0 Å². The lowest BCUT2D eigenvalue weighted by Gasteiger charge is -2.23. The van der Waals surface area contributed by atoms with Crippen molar-refractivity contribution in [3.63, 3.8) is 0 Å². The Morgan fingerprint density at radius 3 is 2.46 bits per heavy atom. The van der Waals surface area contributed by atoms with Crippen molar-refractivity contribution >= 4 is 23.7 Å². The minimum atomic E-state index is -0.353. The van der Waals surface area contributed by atoms with Crippen molar-refractivity contribution in [2.24, 2.45) is 5.10 Å². The molecule has 0 unspecified atom stereocenters. The lowest BCUT2D eigenvalue weighted by atomic mass is 9.85. The summed E-state index contributed by atoms with van der Waals surface area (Å²) in [6.07, 6.45) is 1.53. The van der Waals surface area contributed by atoms with Gasteiger partial charge in [0, 0.05) is 10.6 Å². The van der Waals surface area contributed by atoms with Crippen LogP contribution >= 0.6 is 11.6 Å². The highest BCUT2D eigenvalue weighted by molar-refractivity contribution is 6.31. The van der Waals surface area contributed by atoms with E-state index in [-0.39, 0.29) is 17.9 Å².